The topological polar surface area (TPSA) is 82.1 Å². The van der Waals surface area contributed by atoms with E-state index in [1.807, 2.05) is 6.07 Å². The van der Waals surface area contributed by atoms with Gasteiger partial charge in [-0.05, 0) is 41.8 Å². The number of nitrogens with zero attached hydrogens (tertiary/aromatic N) is 1. The van der Waals surface area contributed by atoms with Crippen LogP contribution in [0.5, 0.6) is 11.5 Å². The second kappa shape index (κ2) is 8.28. The van der Waals surface area contributed by atoms with E-state index < -0.39 is 22.0 Å². The highest BCUT2D eigenvalue weighted by Gasteiger charge is 2.39. The molecular formula is C18H20ClNO6S2. The number of benzene rings is 1. The molecule has 10 heteroatoms. The Bertz CT molecular complexity index is 988. The van der Waals surface area contributed by atoms with E-state index in [9.17, 15) is 13.2 Å². The minimum atomic E-state index is -3.83. The molecule has 7 nitrogen and oxygen atoms in total. The van der Waals surface area contributed by atoms with Gasteiger partial charge in [-0.2, -0.15) is 4.31 Å². The number of rotatable bonds is 6. The summed E-state index contributed by atoms with van der Waals surface area (Å²) >= 11 is 6.92. The van der Waals surface area contributed by atoms with Crippen molar-refractivity contribution in [3.8, 4) is 11.5 Å². The van der Waals surface area contributed by atoms with Crippen LogP contribution in [0.2, 0.25) is 4.34 Å². The van der Waals surface area contributed by atoms with E-state index in [1.54, 1.807) is 12.1 Å². The number of hydrogen-bond acceptors (Lipinski definition) is 7. The van der Waals surface area contributed by atoms with E-state index in [2.05, 4.69) is 0 Å². The summed E-state index contributed by atoms with van der Waals surface area (Å²) in [6.07, 6.45) is 0.364. The number of carbonyl (C=O) groups excluding carboxylic acids is 1. The molecule has 1 atom stereocenters. The van der Waals surface area contributed by atoms with E-state index >= 15 is 0 Å². The maximum atomic E-state index is 13.2. The van der Waals surface area contributed by atoms with Gasteiger partial charge in [-0.3, -0.25) is 4.79 Å². The largest absolute Gasteiger partial charge is 0.493 e. The second-order valence-electron chi connectivity index (χ2n) is 6.13. The summed E-state index contributed by atoms with van der Waals surface area (Å²) in [7, 11) is 0.484. The summed E-state index contributed by atoms with van der Waals surface area (Å²) in [4.78, 5) is 12.1. The summed E-state index contributed by atoms with van der Waals surface area (Å²) < 4.78 is 43.8. The van der Waals surface area contributed by atoms with Crippen LogP contribution in [-0.2, 0) is 26.0 Å². The fourth-order valence-corrected chi connectivity index (χ4v) is 6.52. The van der Waals surface area contributed by atoms with Crippen LogP contribution in [0.3, 0.4) is 0 Å². The van der Waals surface area contributed by atoms with Gasteiger partial charge in [0.15, 0.2) is 11.5 Å². The molecule has 2 aromatic rings. The number of halogens is 1. The molecule has 0 N–H and O–H groups in total. The average molecular weight is 446 g/mol. The number of ether oxygens (including phenoxy) is 3. The van der Waals surface area contributed by atoms with Gasteiger partial charge in [0.1, 0.15) is 4.21 Å². The molecule has 1 aromatic heterocycles. The van der Waals surface area contributed by atoms with Gasteiger partial charge in [0.05, 0.1) is 38.1 Å². The van der Waals surface area contributed by atoms with Crippen LogP contribution in [0.25, 0.3) is 0 Å². The number of carbonyl (C=O) groups is 1. The van der Waals surface area contributed by atoms with Crippen LogP contribution >= 0.6 is 22.9 Å². The molecule has 0 fully saturated rings. The zero-order chi connectivity index (χ0) is 20.5. The molecule has 0 bridgehead atoms. The van der Waals surface area contributed by atoms with E-state index in [0.29, 0.717) is 27.8 Å². The Hall–Kier alpha value is -1.81. The van der Waals surface area contributed by atoms with Crippen molar-refractivity contribution in [3.63, 3.8) is 0 Å². The van der Waals surface area contributed by atoms with E-state index in [4.69, 9.17) is 25.8 Å². The number of thiophene rings is 1. The number of methoxy groups -OCH3 is 3. The third-order valence-electron chi connectivity index (χ3n) is 4.65. The van der Waals surface area contributed by atoms with Crippen molar-refractivity contribution in [1.29, 1.82) is 0 Å². The molecule has 0 aliphatic carbocycles. The lowest BCUT2D eigenvalue weighted by Crippen LogP contribution is -2.40. The first kappa shape index (κ1) is 20.9. The van der Waals surface area contributed by atoms with Crippen LogP contribution in [0, 0.1) is 0 Å². The Morgan fingerprint density at radius 3 is 2.46 bits per heavy atom. The first-order valence-electron chi connectivity index (χ1n) is 8.40. The zero-order valence-electron chi connectivity index (χ0n) is 15.6. The van der Waals surface area contributed by atoms with Gasteiger partial charge in [0, 0.05) is 6.54 Å². The maximum absolute atomic E-state index is 13.2. The van der Waals surface area contributed by atoms with Crippen molar-refractivity contribution in [2.45, 2.75) is 23.1 Å². The van der Waals surface area contributed by atoms with Crippen molar-refractivity contribution < 1.29 is 27.4 Å². The normalized spacial score (nSPS) is 17.1. The van der Waals surface area contributed by atoms with Crippen LogP contribution < -0.4 is 9.47 Å². The highest BCUT2D eigenvalue weighted by molar-refractivity contribution is 7.91. The highest BCUT2D eigenvalue weighted by atomic mass is 35.5. The summed E-state index contributed by atoms with van der Waals surface area (Å²) in [5, 5.41) is 0. The molecule has 0 unspecified atom stereocenters. The molecule has 0 radical (unpaired) electrons. The fraction of sp³-hybridized carbons (Fsp3) is 0.389. The Kier molecular flexibility index (Phi) is 6.18. The quantitative estimate of drug-likeness (QED) is 0.634. The summed E-state index contributed by atoms with van der Waals surface area (Å²) in [6.45, 7) is 0.224. The molecule has 0 saturated heterocycles. The third-order valence-corrected chi connectivity index (χ3v) is 8.26. The molecule has 0 saturated carbocycles. The van der Waals surface area contributed by atoms with Gasteiger partial charge in [-0.1, -0.05) is 11.6 Å². The number of hydrogen-bond donors (Lipinski definition) is 0. The lowest BCUT2D eigenvalue weighted by Gasteiger charge is -2.36. The van der Waals surface area contributed by atoms with Gasteiger partial charge in [-0.15, -0.1) is 11.3 Å². The van der Waals surface area contributed by atoms with E-state index in [0.717, 1.165) is 16.9 Å². The molecule has 0 amide bonds. The Morgan fingerprint density at radius 2 is 1.89 bits per heavy atom. The molecule has 3 rings (SSSR count). The predicted octanol–water partition coefficient (Wildman–Crippen LogP) is 3.27. The van der Waals surface area contributed by atoms with Gasteiger partial charge < -0.3 is 14.2 Å². The van der Waals surface area contributed by atoms with E-state index in [1.165, 1.54) is 31.7 Å². The molecular weight excluding hydrogens is 426 g/mol. The van der Waals surface area contributed by atoms with Crippen molar-refractivity contribution in [2.24, 2.45) is 0 Å². The molecule has 28 heavy (non-hydrogen) atoms. The molecule has 2 heterocycles. The standard InChI is InChI=1S/C18H20ClNO6S2/c1-24-14-8-11-6-7-20(28(22,23)18-5-4-16(19)27-18)13(10-17(21)26-3)12(11)9-15(14)25-2/h4-5,8-9,13H,6-7,10H2,1-3H3/t13-/m1/s1. The Labute approximate surface area is 172 Å². The number of fused-ring (bicyclic) bond motifs is 1. The van der Waals surface area contributed by atoms with Crippen LogP contribution in [0.15, 0.2) is 28.5 Å². The van der Waals surface area contributed by atoms with Gasteiger partial charge in [-0.25, -0.2) is 8.42 Å². The molecule has 0 spiro atoms. The maximum Gasteiger partial charge on any atom is 0.307 e. The zero-order valence-corrected chi connectivity index (χ0v) is 18.0. The van der Waals surface area contributed by atoms with Gasteiger partial charge in [0.25, 0.3) is 10.0 Å². The van der Waals surface area contributed by atoms with Crippen molar-refractivity contribution in [3.05, 3.63) is 39.7 Å². The van der Waals surface area contributed by atoms with Gasteiger partial charge >= 0.3 is 5.97 Å². The van der Waals surface area contributed by atoms with Crippen LogP contribution in [0.4, 0.5) is 0 Å². The third kappa shape index (κ3) is 3.84. The van der Waals surface area contributed by atoms with E-state index in [-0.39, 0.29) is 17.2 Å². The van der Waals surface area contributed by atoms with Gasteiger partial charge in [0.2, 0.25) is 0 Å². The lowest BCUT2D eigenvalue weighted by atomic mass is 9.91. The number of sulfonamides is 1. The predicted molar refractivity (Wildman–Crippen MR) is 106 cm³/mol. The monoisotopic (exact) mass is 445 g/mol. The first-order chi connectivity index (χ1) is 13.3. The van der Waals surface area contributed by atoms with Crippen LogP contribution in [-0.4, -0.2) is 46.6 Å². The smallest absolute Gasteiger partial charge is 0.307 e. The molecule has 152 valence electrons. The molecule has 1 aliphatic heterocycles. The molecule has 1 aliphatic rings. The summed E-state index contributed by atoms with van der Waals surface area (Å²) in [5.74, 6) is 0.519. The summed E-state index contributed by atoms with van der Waals surface area (Å²) in [5.41, 5.74) is 1.60. The Balaban J connectivity index is 2.11. The lowest BCUT2D eigenvalue weighted by molar-refractivity contribution is -0.141. The second-order valence-corrected chi connectivity index (χ2v) is 9.96. The highest BCUT2D eigenvalue weighted by Crippen LogP contribution is 2.42. The minimum Gasteiger partial charge on any atom is -0.493 e. The Morgan fingerprint density at radius 1 is 1.21 bits per heavy atom. The SMILES string of the molecule is COC(=O)C[C@@H]1c2cc(OC)c(OC)cc2CCN1S(=O)(=O)c1ccc(Cl)s1. The van der Waals surface area contributed by atoms with Crippen molar-refractivity contribution >= 4 is 38.9 Å². The fourth-order valence-electron chi connectivity index (χ4n) is 3.30. The molecule has 1 aromatic carbocycles. The number of esters is 1. The average Bonchev–Trinajstić information content (AvgIpc) is 3.13. The van der Waals surface area contributed by atoms with Crippen molar-refractivity contribution in [1.82, 2.24) is 4.31 Å². The van der Waals surface area contributed by atoms with Crippen LogP contribution in [0.1, 0.15) is 23.6 Å². The minimum absolute atomic E-state index is 0.114. The van der Waals surface area contributed by atoms with Crippen molar-refractivity contribution in [2.75, 3.05) is 27.9 Å². The summed E-state index contributed by atoms with van der Waals surface area (Å²) in [6, 6.07) is 5.85. The first-order valence-corrected chi connectivity index (χ1v) is 11.0.